The van der Waals surface area contributed by atoms with Gasteiger partial charge in [0.15, 0.2) is 0 Å². The van der Waals surface area contributed by atoms with Crippen molar-refractivity contribution >= 4 is 17.3 Å². The van der Waals surface area contributed by atoms with Gasteiger partial charge in [0, 0.05) is 31.5 Å². The monoisotopic (exact) mass is 339 g/mol. The Hall–Kier alpha value is -2.85. The molecule has 2 aromatic rings. The summed E-state index contributed by atoms with van der Waals surface area (Å²) in [7, 11) is 1.78. The molecule has 1 aliphatic rings. The Balaban J connectivity index is 1.79. The van der Waals surface area contributed by atoms with Crippen LogP contribution < -0.4 is 10.2 Å². The van der Waals surface area contributed by atoms with Crippen molar-refractivity contribution in [3.63, 3.8) is 0 Å². The van der Waals surface area contributed by atoms with Gasteiger partial charge in [-0.3, -0.25) is 9.48 Å². The van der Waals surface area contributed by atoms with Gasteiger partial charge in [0.25, 0.3) is 5.91 Å². The van der Waals surface area contributed by atoms with Crippen LogP contribution in [0.3, 0.4) is 0 Å². The van der Waals surface area contributed by atoms with Crippen LogP contribution in [0.2, 0.25) is 0 Å². The molecule has 1 aliphatic heterocycles. The Morgan fingerprint density at radius 2 is 2.12 bits per heavy atom. The van der Waals surface area contributed by atoms with E-state index in [-0.39, 0.29) is 12.0 Å². The van der Waals surface area contributed by atoms with Crippen LogP contribution in [0.15, 0.2) is 24.4 Å². The molecule has 0 saturated carbocycles. The third kappa shape index (κ3) is 3.49. The molecular weight excluding hydrogens is 318 g/mol. The minimum absolute atomic E-state index is 0.247. The number of aryl methyl sites for hydroxylation is 1. The Labute approximate surface area is 146 Å². The number of anilines is 2. The van der Waals surface area contributed by atoms with Gasteiger partial charge in [-0.05, 0) is 38.0 Å². The first-order valence-corrected chi connectivity index (χ1v) is 8.26. The first-order chi connectivity index (χ1) is 12.0. The van der Waals surface area contributed by atoms with E-state index in [1.165, 1.54) is 6.20 Å². The van der Waals surface area contributed by atoms with Gasteiger partial charge in [0.1, 0.15) is 6.07 Å². The standard InChI is InChI=1S/C18H21N5O2/c1-12-16(11-20-22(12)2)18(25)21-14-3-4-17(13(9-14)10-19)23-7-5-15(24)6-8-23/h3-4,9,11,15,24H,5-8H2,1-2H3,(H,21,25). The second-order valence-electron chi connectivity index (χ2n) is 6.28. The predicted molar refractivity (Wildman–Crippen MR) is 94.5 cm³/mol. The lowest BCUT2D eigenvalue weighted by molar-refractivity contribution is 0.102. The molecule has 1 amide bonds. The summed E-state index contributed by atoms with van der Waals surface area (Å²) in [6, 6.07) is 7.53. The third-order valence-electron chi connectivity index (χ3n) is 4.66. The number of benzene rings is 1. The number of carbonyl (C=O) groups is 1. The summed E-state index contributed by atoms with van der Waals surface area (Å²) in [4.78, 5) is 14.5. The SMILES string of the molecule is Cc1c(C(=O)Nc2ccc(N3CCC(O)CC3)c(C#N)c2)cnn1C. The fourth-order valence-corrected chi connectivity index (χ4v) is 3.01. The highest BCUT2D eigenvalue weighted by Gasteiger charge is 2.20. The molecule has 7 heteroatoms. The van der Waals surface area contributed by atoms with E-state index in [0.29, 0.717) is 29.7 Å². The summed E-state index contributed by atoms with van der Waals surface area (Å²) in [6.07, 6.45) is 2.67. The number of hydrogen-bond acceptors (Lipinski definition) is 5. The topological polar surface area (TPSA) is 94.2 Å². The molecule has 7 nitrogen and oxygen atoms in total. The van der Waals surface area contributed by atoms with Crippen molar-refractivity contribution in [2.24, 2.45) is 7.05 Å². The summed E-state index contributed by atoms with van der Waals surface area (Å²) < 4.78 is 1.64. The Morgan fingerprint density at radius 1 is 1.40 bits per heavy atom. The molecule has 2 heterocycles. The average molecular weight is 339 g/mol. The van der Waals surface area contributed by atoms with Crippen LogP contribution in [0.25, 0.3) is 0 Å². The van der Waals surface area contributed by atoms with Crippen molar-refractivity contribution in [2.75, 3.05) is 23.3 Å². The summed E-state index contributed by atoms with van der Waals surface area (Å²) in [5.74, 6) is -0.247. The van der Waals surface area contributed by atoms with Crippen molar-refractivity contribution in [1.29, 1.82) is 5.26 Å². The Morgan fingerprint density at radius 3 is 2.72 bits per heavy atom. The first-order valence-electron chi connectivity index (χ1n) is 8.26. The number of amides is 1. The van der Waals surface area contributed by atoms with E-state index in [1.54, 1.807) is 23.9 Å². The molecule has 3 rings (SSSR count). The van der Waals surface area contributed by atoms with E-state index in [2.05, 4.69) is 21.4 Å². The van der Waals surface area contributed by atoms with Gasteiger partial charge < -0.3 is 15.3 Å². The number of nitriles is 1. The van der Waals surface area contributed by atoms with Crippen LogP contribution in [0.5, 0.6) is 0 Å². The van der Waals surface area contributed by atoms with Gasteiger partial charge in [0.2, 0.25) is 0 Å². The highest BCUT2D eigenvalue weighted by Crippen LogP contribution is 2.27. The van der Waals surface area contributed by atoms with E-state index in [1.807, 2.05) is 13.0 Å². The van der Waals surface area contributed by atoms with E-state index in [0.717, 1.165) is 24.5 Å². The maximum Gasteiger partial charge on any atom is 0.259 e. The molecule has 2 N–H and O–H groups in total. The van der Waals surface area contributed by atoms with Gasteiger partial charge in [-0.2, -0.15) is 10.4 Å². The summed E-state index contributed by atoms with van der Waals surface area (Å²) >= 11 is 0. The molecule has 0 unspecified atom stereocenters. The average Bonchev–Trinajstić information content (AvgIpc) is 2.95. The molecule has 130 valence electrons. The molecule has 0 aliphatic carbocycles. The van der Waals surface area contributed by atoms with Gasteiger partial charge >= 0.3 is 0 Å². The van der Waals surface area contributed by atoms with Crippen LogP contribution in [-0.2, 0) is 7.05 Å². The lowest BCUT2D eigenvalue weighted by Crippen LogP contribution is -2.36. The molecule has 1 saturated heterocycles. The predicted octanol–water partition coefficient (Wildman–Crippen LogP) is 1.81. The maximum atomic E-state index is 12.4. The second-order valence-corrected chi connectivity index (χ2v) is 6.28. The molecule has 1 aromatic heterocycles. The van der Waals surface area contributed by atoms with E-state index >= 15 is 0 Å². The molecular formula is C18H21N5O2. The Bertz CT molecular complexity index is 828. The quantitative estimate of drug-likeness (QED) is 0.889. The molecule has 0 spiro atoms. The van der Waals surface area contributed by atoms with E-state index in [9.17, 15) is 15.2 Å². The van der Waals surface area contributed by atoms with Gasteiger partial charge in [-0.15, -0.1) is 0 Å². The van der Waals surface area contributed by atoms with Crippen LogP contribution in [-0.4, -0.2) is 40.0 Å². The summed E-state index contributed by atoms with van der Waals surface area (Å²) in [6.45, 7) is 3.27. The molecule has 25 heavy (non-hydrogen) atoms. The number of aliphatic hydroxyl groups is 1. The van der Waals surface area contributed by atoms with Crippen LogP contribution in [0, 0.1) is 18.3 Å². The highest BCUT2D eigenvalue weighted by atomic mass is 16.3. The highest BCUT2D eigenvalue weighted by molar-refractivity contribution is 6.05. The van der Waals surface area contributed by atoms with Crippen LogP contribution in [0.4, 0.5) is 11.4 Å². The van der Waals surface area contributed by atoms with Gasteiger partial charge in [-0.25, -0.2) is 0 Å². The number of piperidine rings is 1. The van der Waals surface area contributed by atoms with Crippen molar-refractivity contribution in [3.8, 4) is 6.07 Å². The number of aromatic nitrogens is 2. The number of hydrogen-bond donors (Lipinski definition) is 2. The molecule has 0 atom stereocenters. The number of rotatable bonds is 3. The zero-order valence-corrected chi connectivity index (χ0v) is 14.4. The zero-order valence-electron chi connectivity index (χ0n) is 14.4. The lowest BCUT2D eigenvalue weighted by atomic mass is 10.0. The van der Waals surface area contributed by atoms with Crippen LogP contribution in [0.1, 0.15) is 34.5 Å². The fourth-order valence-electron chi connectivity index (χ4n) is 3.01. The largest absolute Gasteiger partial charge is 0.393 e. The first kappa shape index (κ1) is 17.0. The van der Waals surface area contributed by atoms with Crippen LogP contribution >= 0.6 is 0 Å². The minimum Gasteiger partial charge on any atom is -0.393 e. The molecule has 1 aromatic carbocycles. The number of nitrogens with zero attached hydrogens (tertiary/aromatic N) is 4. The smallest absolute Gasteiger partial charge is 0.259 e. The summed E-state index contributed by atoms with van der Waals surface area (Å²) in [5.41, 5.74) is 3.21. The minimum atomic E-state index is -0.261. The second kappa shape index (κ2) is 6.95. The maximum absolute atomic E-state index is 12.4. The third-order valence-corrected chi connectivity index (χ3v) is 4.66. The summed E-state index contributed by atoms with van der Waals surface area (Å²) in [5, 5.41) is 26.0. The number of carbonyl (C=O) groups excluding carboxylic acids is 1. The Kier molecular flexibility index (Phi) is 4.72. The zero-order chi connectivity index (χ0) is 18.0. The number of nitrogens with one attached hydrogen (secondary N) is 1. The molecule has 0 bridgehead atoms. The fraction of sp³-hybridized carbons (Fsp3) is 0.389. The normalized spacial score (nSPS) is 15.0. The molecule has 0 radical (unpaired) electrons. The van der Waals surface area contributed by atoms with E-state index in [4.69, 9.17) is 0 Å². The van der Waals surface area contributed by atoms with Crippen molar-refractivity contribution in [3.05, 3.63) is 41.2 Å². The van der Waals surface area contributed by atoms with Crippen molar-refractivity contribution < 1.29 is 9.90 Å². The van der Waals surface area contributed by atoms with Crippen molar-refractivity contribution in [2.45, 2.75) is 25.9 Å². The van der Waals surface area contributed by atoms with Gasteiger partial charge in [0.05, 0.1) is 29.1 Å². The van der Waals surface area contributed by atoms with Crippen molar-refractivity contribution in [1.82, 2.24) is 9.78 Å². The lowest BCUT2D eigenvalue weighted by Gasteiger charge is -2.32. The number of aliphatic hydroxyl groups excluding tert-OH is 1. The van der Waals surface area contributed by atoms with E-state index < -0.39 is 0 Å². The molecule has 1 fully saturated rings. The van der Waals surface area contributed by atoms with Gasteiger partial charge in [-0.1, -0.05) is 0 Å².